The van der Waals surface area contributed by atoms with Crippen LogP contribution in [0.3, 0.4) is 0 Å². The molecule has 0 radical (unpaired) electrons. The molecule has 1 aliphatic rings. The molecule has 2 atom stereocenters. The summed E-state index contributed by atoms with van der Waals surface area (Å²) in [6, 6.07) is 17.8. The van der Waals surface area contributed by atoms with Crippen LogP contribution in [0.1, 0.15) is 11.5 Å². The molecule has 0 aliphatic carbocycles. The largest absolute Gasteiger partial charge is 0.325 e. The van der Waals surface area contributed by atoms with E-state index in [1.54, 1.807) is 6.20 Å². The second-order valence-corrected chi connectivity index (χ2v) is 6.63. The van der Waals surface area contributed by atoms with Gasteiger partial charge >= 0.3 is 0 Å². The summed E-state index contributed by atoms with van der Waals surface area (Å²) in [5.74, 6) is 0.107. The van der Waals surface area contributed by atoms with Gasteiger partial charge in [0, 0.05) is 41.7 Å². The smallest absolute Gasteiger partial charge is 0.229 e. The van der Waals surface area contributed by atoms with E-state index in [9.17, 15) is 4.79 Å². The predicted molar refractivity (Wildman–Crippen MR) is 101 cm³/mol. The Kier molecular flexibility index (Phi) is 4.38. The average Bonchev–Trinajstić information content (AvgIpc) is 3.13. The monoisotopic (exact) mass is 351 g/mol. The summed E-state index contributed by atoms with van der Waals surface area (Å²) in [5.41, 5.74) is 1.96. The van der Waals surface area contributed by atoms with Gasteiger partial charge in [0.1, 0.15) is 5.15 Å². The Bertz CT molecular complexity index is 913. The van der Waals surface area contributed by atoms with Crippen molar-refractivity contribution in [1.29, 1.82) is 0 Å². The highest BCUT2D eigenvalue weighted by molar-refractivity contribution is 6.34. The summed E-state index contributed by atoms with van der Waals surface area (Å²) in [7, 11) is 0. The number of hydrogen-bond acceptors (Lipinski definition) is 3. The van der Waals surface area contributed by atoms with Crippen molar-refractivity contribution in [2.24, 2.45) is 5.92 Å². The molecule has 1 saturated heterocycles. The lowest BCUT2D eigenvalue weighted by Gasteiger charge is -2.19. The topological polar surface area (TPSA) is 54.0 Å². The molecule has 2 heterocycles. The molecular formula is C20H18ClN3O. The number of fused-ring (bicyclic) bond motifs is 1. The van der Waals surface area contributed by atoms with Crippen LogP contribution in [0.2, 0.25) is 5.15 Å². The number of halogens is 1. The maximum Gasteiger partial charge on any atom is 0.229 e. The van der Waals surface area contributed by atoms with Crippen molar-refractivity contribution in [2.45, 2.75) is 5.92 Å². The van der Waals surface area contributed by atoms with E-state index < -0.39 is 0 Å². The summed E-state index contributed by atoms with van der Waals surface area (Å²) in [6.45, 7) is 1.49. The maximum atomic E-state index is 12.9. The van der Waals surface area contributed by atoms with Gasteiger partial charge in [-0.1, -0.05) is 54.1 Å². The molecule has 1 amide bonds. The average molecular weight is 352 g/mol. The third kappa shape index (κ3) is 3.11. The van der Waals surface area contributed by atoms with Gasteiger partial charge in [-0.25, -0.2) is 4.98 Å². The van der Waals surface area contributed by atoms with Crippen LogP contribution in [0.15, 0.2) is 60.8 Å². The quantitative estimate of drug-likeness (QED) is 0.705. The minimum atomic E-state index is -0.102. The highest BCUT2D eigenvalue weighted by Crippen LogP contribution is 2.31. The minimum Gasteiger partial charge on any atom is -0.325 e. The van der Waals surface area contributed by atoms with Crippen LogP contribution in [-0.2, 0) is 4.79 Å². The highest BCUT2D eigenvalue weighted by Gasteiger charge is 2.34. The van der Waals surface area contributed by atoms with Crippen molar-refractivity contribution < 1.29 is 4.79 Å². The number of carbonyl (C=O) groups excluding carboxylic acids is 1. The fourth-order valence-corrected chi connectivity index (χ4v) is 3.73. The maximum absolute atomic E-state index is 12.9. The standard InChI is InChI=1S/C20H18ClN3O/c21-19-15-7-4-8-18(14(15)9-10-23-19)24-20(25)17-12-22-11-16(17)13-5-2-1-3-6-13/h1-10,16-17,22H,11-12H2,(H,24,25)/t16?,17-/m0/s1. The number of aromatic nitrogens is 1. The third-order valence-corrected chi connectivity index (χ3v) is 5.10. The number of nitrogens with zero attached hydrogens (tertiary/aromatic N) is 1. The lowest BCUT2D eigenvalue weighted by molar-refractivity contribution is -0.119. The first-order valence-electron chi connectivity index (χ1n) is 8.34. The summed E-state index contributed by atoms with van der Waals surface area (Å²) >= 11 is 6.16. The van der Waals surface area contributed by atoms with E-state index in [-0.39, 0.29) is 17.7 Å². The molecular weight excluding hydrogens is 334 g/mol. The molecule has 2 aromatic carbocycles. The van der Waals surface area contributed by atoms with Crippen LogP contribution in [0, 0.1) is 5.92 Å². The van der Waals surface area contributed by atoms with E-state index in [2.05, 4.69) is 27.8 Å². The zero-order chi connectivity index (χ0) is 17.2. The summed E-state index contributed by atoms with van der Waals surface area (Å²) in [6.07, 6.45) is 1.66. The normalized spacial score (nSPS) is 19.9. The van der Waals surface area contributed by atoms with Gasteiger partial charge in [-0.05, 0) is 17.7 Å². The zero-order valence-electron chi connectivity index (χ0n) is 13.6. The Morgan fingerprint density at radius 3 is 2.72 bits per heavy atom. The Labute approximate surface area is 151 Å². The minimum absolute atomic E-state index is 0.0271. The fourth-order valence-electron chi connectivity index (χ4n) is 3.51. The van der Waals surface area contributed by atoms with Gasteiger partial charge in [0.15, 0.2) is 0 Å². The Morgan fingerprint density at radius 1 is 1.04 bits per heavy atom. The molecule has 0 bridgehead atoms. The molecule has 1 unspecified atom stereocenters. The van der Waals surface area contributed by atoms with Crippen molar-refractivity contribution >= 4 is 34.0 Å². The van der Waals surface area contributed by atoms with E-state index in [0.29, 0.717) is 11.7 Å². The molecule has 1 aliphatic heterocycles. The lowest BCUT2D eigenvalue weighted by atomic mass is 9.88. The third-order valence-electron chi connectivity index (χ3n) is 4.79. The molecule has 3 aromatic rings. The first-order valence-corrected chi connectivity index (χ1v) is 8.71. The highest BCUT2D eigenvalue weighted by atomic mass is 35.5. The first-order chi connectivity index (χ1) is 12.2. The second-order valence-electron chi connectivity index (χ2n) is 6.27. The summed E-state index contributed by atoms with van der Waals surface area (Å²) in [4.78, 5) is 17.0. The Hall–Kier alpha value is -2.43. The number of pyridine rings is 1. The first kappa shape index (κ1) is 16.1. The summed E-state index contributed by atoms with van der Waals surface area (Å²) < 4.78 is 0. The van der Waals surface area contributed by atoms with Crippen LogP contribution in [0.4, 0.5) is 5.69 Å². The molecule has 0 saturated carbocycles. The number of benzene rings is 2. The number of amides is 1. The number of hydrogen-bond donors (Lipinski definition) is 2. The molecule has 4 nitrogen and oxygen atoms in total. The van der Waals surface area contributed by atoms with Crippen molar-refractivity contribution in [3.8, 4) is 0 Å². The van der Waals surface area contributed by atoms with Crippen LogP contribution in [0.25, 0.3) is 10.8 Å². The molecule has 2 N–H and O–H groups in total. The van der Waals surface area contributed by atoms with Crippen molar-refractivity contribution in [3.05, 3.63) is 71.5 Å². The number of anilines is 1. The van der Waals surface area contributed by atoms with Crippen LogP contribution < -0.4 is 10.6 Å². The van der Waals surface area contributed by atoms with E-state index >= 15 is 0 Å². The van der Waals surface area contributed by atoms with Crippen molar-refractivity contribution in [2.75, 3.05) is 18.4 Å². The number of rotatable bonds is 3. The van der Waals surface area contributed by atoms with Crippen LogP contribution in [-0.4, -0.2) is 24.0 Å². The van der Waals surface area contributed by atoms with Gasteiger partial charge in [-0.2, -0.15) is 0 Å². The molecule has 4 rings (SSSR count). The zero-order valence-corrected chi connectivity index (χ0v) is 14.3. The van der Waals surface area contributed by atoms with E-state index in [4.69, 9.17) is 11.6 Å². The van der Waals surface area contributed by atoms with E-state index in [0.717, 1.165) is 23.0 Å². The molecule has 1 fully saturated rings. The fraction of sp³-hybridized carbons (Fsp3) is 0.200. The van der Waals surface area contributed by atoms with Gasteiger partial charge in [0.05, 0.1) is 5.92 Å². The number of nitrogens with one attached hydrogen (secondary N) is 2. The van der Waals surface area contributed by atoms with Crippen LogP contribution >= 0.6 is 11.6 Å². The molecule has 126 valence electrons. The molecule has 5 heteroatoms. The van der Waals surface area contributed by atoms with Gasteiger partial charge < -0.3 is 10.6 Å². The van der Waals surface area contributed by atoms with Crippen LogP contribution in [0.5, 0.6) is 0 Å². The van der Waals surface area contributed by atoms with Gasteiger partial charge in [0.2, 0.25) is 5.91 Å². The Morgan fingerprint density at radius 2 is 1.88 bits per heavy atom. The summed E-state index contributed by atoms with van der Waals surface area (Å²) in [5, 5.41) is 8.61. The predicted octanol–water partition coefficient (Wildman–Crippen LogP) is 3.83. The molecule has 1 aromatic heterocycles. The van der Waals surface area contributed by atoms with E-state index in [1.165, 1.54) is 5.56 Å². The van der Waals surface area contributed by atoms with Crippen molar-refractivity contribution in [3.63, 3.8) is 0 Å². The van der Waals surface area contributed by atoms with Gasteiger partial charge in [-0.15, -0.1) is 0 Å². The number of carbonyl (C=O) groups is 1. The van der Waals surface area contributed by atoms with Gasteiger partial charge in [-0.3, -0.25) is 4.79 Å². The lowest BCUT2D eigenvalue weighted by Crippen LogP contribution is -2.28. The van der Waals surface area contributed by atoms with Gasteiger partial charge in [0.25, 0.3) is 0 Å². The Balaban J connectivity index is 1.61. The molecule has 25 heavy (non-hydrogen) atoms. The SMILES string of the molecule is O=C(Nc1cccc2c(Cl)nccc12)[C@H]1CNCC1c1ccccc1. The molecule has 0 spiro atoms. The van der Waals surface area contributed by atoms with Crippen molar-refractivity contribution in [1.82, 2.24) is 10.3 Å². The van der Waals surface area contributed by atoms with E-state index in [1.807, 2.05) is 42.5 Å². The second kappa shape index (κ2) is 6.82.